The predicted octanol–water partition coefficient (Wildman–Crippen LogP) is 2.92. The van der Waals surface area contributed by atoms with Crippen molar-refractivity contribution in [3.8, 4) is 0 Å². The zero-order chi connectivity index (χ0) is 15.2. The standard InChI is InChI=1S/C16H21NO3S/c1-2-21-10-11-3-5-12(6-4-11)15(18)17-14-8-7-13(9-14)16(19)20/h3-6,13-14H,2,7-10H2,1H3,(H,17,18)(H,19,20)/t13-,14+/m0/s1. The van der Waals surface area contributed by atoms with Crippen molar-refractivity contribution in [2.45, 2.75) is 38.0 Å². The summed E-state index contributed by atoms with van der Waals surface area (Å²) in [7, 11) is 0. The summed E-state index contributed by atoms with van der Waals surface area (Å²) in [5.41, 5.74) is 1.85. The van der Waals surface area contributed by atoms with Crippen molar-refractivity contribution in [1.82, 2.24) is 5.32 Å². The molecular weight excluding hydrogens is 286 g/mol. The molecule has 114 valence electrons. The van der Waals surface area contributed by atoms with Gasteiger partial charge in [0.2, 0.25) is 0 Å². The van der Waals surface area contributed by atoms with Crippen molar-refractivity contribution < 1.29 is 14.7 Å². The number of benzene rings is 1. The van der Waals surface area contributed by atoms with Gasteiger partial charge in [-0.05, 0) is 42.7 Å². The first-order chi connectivity index (χ1) is 10.1. The lowest BCUT2D eigenvalue weighted by molar-refractivity contribution is -0.141. The van der Waals surface area contributed by atoms with Crippen LogP contribution >= 0.6 is 11.8 Å². The van der Waals surface area contributed by atoms with E-state index in [1.165, 1.54) is 5.56 Å². The van der Waals surface area contributed by atoms with Gasteiger partial charge in [0.1, 0.15) is 0 Å². The summed E-state index contributed by atoms with van der Waals surface area (Å²) in [6, 6.07) is 7.61. The first-order valence-electron chi connectivity index (χ1n) is 7.30. The number of hydrogen-bond acceptors (Lipinski definition) is 3. The highest BCUT2D eigenvalue weighted by Crippen LogP contribution is 2.26. The second-order valence-electron chi connectivity index (χ2n) is 5.35. The number of carboxylic acid groups (broad SMARTS) is 1. The van der Waals surface area contributed by atoms with E-state index in [0.717, 1.165) is 17.9 Å². The molecule has 1 saturated carbocycles. The molecule has 1 aliphatic rings. The average Bonchev–Trinajstić information content (AvgIpc) is 2.94. The second-order valence-corrected chi connectivity index (χ2v) is 6.63. The zero-order valence-corrected chi connectivity index (χ0v) is 13.0. The number of amides is 1. The van der Waals surface area contributed by atoms with Gasteiger partial charge in [-0.2, -0.15) is 11.8 Å². The maximum absolute atomic E-state index is 12.1. The largest absolute Gasteiger partial charge is 0.481 e. The van der Waals surface area contributed by atoms with Gasteiger partial charge in [0.05, 0.1) is 5.92 Å². The van der Waals surface area contributed by atoms with E-state index in [1.807, 2.05) is 36.0 Å². The van der Waals surface area contributed by atoms with Gasteiger partial charge in [0.25, 0.3) is 5.91 Å². The molecule has 0 radical (unpaired) electrons. The molecule has 5 heteroatoms. The van der Waals surface area contributed by atoms with Crippen LogP contribution in [0.1, 0.15) is 42.1 Å². The van der Waals surface area contributed by atoms with Crippen LogP contribution in [0.2, 0.25) is 0 Å². The number of aliphatic carboxylic acids is 1. The third-order valence-corrected chi connectivity index (χ3v) is 4.75. The van der Waals surface area contributed by atoms with E-state index in [0.29, 0.717) is 18.4 Å². The molecule has 1 aliphatic carbocycles. The summed E-state index contributed by atoms with van der Waals surface area (Å²) in [6.07, 6.45) is 1.92. The highest BCUT2D eigenvalue weighted by atomic mass is 32.2. The molecule has 0 heterocycles. The smallest absolute Gasteiger partial charge is 0.306 e. The van der Waals surface area contributed by atoms with E-state index in [9.17, 15) is 9.59 Å². The Balaban J connectivity index is 1.87. The summed E-state index contributed by atoms with van der Waals surface area (Å²) >= 11 is 1.85. The van der Waals surface area contributed by atoms with Crippen molar-refractivity contribution >= 4 is 23.6 Å². The van der Waals surface area contributed by atoms with Gasteiger partial charge in [-0.15, -0.1) is 0 Å². The van der Waals surface area contributed by atoms with Crippen molar-refractivity contribution in [3.63, 3.8) is 0 Å². The van der Waals surface area contributed by atoms with Gasteiger partial charge in [-0.25, -0.2) is 0 Å². The van der Waals surface area contributed by atoms with Crippen LogP contribution in [0.5, 0.6) is 0 Å². The molecule has 0 aromatic heterocycles. The molecule has 1 fully saturated rings. The minimum Gasteiger partial charge on any atom is -0.481 e. The molecule has 1 aromatic rings. The maximum atomic E-state index is 12.1. The predicted molar refractivity (Wildman–Crippen MR) is 84.5 cm³/mol. The normalized spacial score (nSPS) is 21.2. The van der Waals surface area contributed by atoms with Gasteiger partial charge < -0.3 is 10.4 Å². The SMILES string of the molecule is CCSCc1ccc(C(=O)N[C@@H]2CC[C@H](C(=O)O)C2)cc1. The molecule has 0 aliphatic heterocycles. The third-order valence-electron chi connectivity index (χ3n) is 3.81. The van der Waals surface area contributed by atoms with E-state index < -0.39 is 5.97 Å². The first kappa shape index (κ1) is 15.9. The molecule has 1 amide bonds. The monoisotopic (exact) mass is 307 g/mol. The molecule has 21 heavy (non-hydrogen) atoms. The Morgan fingerprint density at radius 2 is 2.00 bits per heavy atom. The zero-order valence-electron chi connectivity index (χ0n) is 12.2. The molecule has 4 nitrogen and oxygen atoms in total. The van der Waals surface area contributed by atoms with Crippen LogP contribution in [0.4, 0.5) is 0 Å². The van der Waals surface area contributed by atoms with Crippen LogP contribution in [0.25, 0.3) is 0 Å². The summed E-state index contributed by atoms with van der Waals surface area (Å²) in [5.74, 6) is 0.852. The van der Waals surface area contributed by atoms with Gasteiger partial charge in [0.15, 0.2) is 0 Å². The number of thioether (sulfide) groups is 1. The highest BCUT2D eigenvalue weighted by Gasteiger charge is 2.30. The Morgan fingerprint density at radius 1 is 1.29 bits per heavy atom. The quantitative estimate of drug-likeness (QED) is 0.848. The summed E-state index contributed by atoms with van der Waals surface area (Å²) in [6.45, 7) is 2.12. The number of rotatable bonds is 6. The third kappa shape index (κ3) is 4.49. The maximum Gasteiger partial charge on any atom is 0.306 e. The fourth-order valence-corrected chi connectivity index (χ4v) is 3.21. The molecule has 2 atom stereocenters. The second kappa shape index (κ2) is 7.50. The molecule has 0 spiro atoms. The van der Waals surface area contributed by atoms with Crippen LogP contribution in [0.3, 0.4) is 0 Å². The van der Waals surface area contributed by atoms with E-state index >= 15 is 0 Å². The lowest BCUT2D eigenvalue weighted by Crippen LogP contribution is -2.33. The number of carboxylic acids is 1. The number of carbonyl (C=O) groups is 2. The number of nitrogens with one attached hydrogen (secondary N) is 1. The Bertz CT molecular complexity index is 501. The van der Waals surface area contributed by atoms with Gasteiger partial charge in [-0.3, -0.25) is 9.59 Å². The fourth-order valence-electron chi connectivity index (χ4n) is 2.58. The summed E-state index contributed by atoms with van der Waals surface area (Å²) < 4.78 is 0. The van der Waals surface area contributed by atoms with Crippen LogP contribution in [-0.4, -0.2) is 28.8 Å². The van der Waals surface area contributed by atoms with Gasteiger partial charge in [0, 0.05) is 17.4 Å². The van der Waals surface area contributed by atoms with E-state index in [-0.39, 0.29) is 17.9 Å². The Morgan fingerprint density at radius 3 is 2.57 bits per heavy atom. The van der Waals surface area contributed by atoms with E-state index in [1.54, 1.807) is 0 Å². The minimum atomic E-state index is -0.760. The van der Waals surface area contributed by atoms with Crippen LogP contribution in [-0.2, 0) is 10.5 Å². The first-order valence-corrected chi connectivity index (χ1v) is 8.46. The van der Waals surface area contributed by atoms with Crippen molar-refractivity contribution in [2.24, 2.45) is 5.92 Å². The van der Waals surface area contributed by atoms with E-state index in [2.05, 4.69) is 12.2 Å². The molecule has 2 N–H and O–H groups in total. The number of hydrogen-bond donors (Lipinski definition) is 2. The minimum absolute atomic E-state index is 0.0195. The Kier molecular flexibility index (Phi) is 5.67. The van der Waals surface area contributed by atoms with Crippen molar-refractivity contribution in [3.05, 3.63) is 35.4 Å². The van der Waals surface area contributed by atoms with Crippen molar-refractivity contribution in [1.29, 1.82) is 0 Å². The Labute approximate surface area is 129 Å². The summed E-state index contributed by atoms with van der Waals surface area (Å²) in [5, 5.41) is 11.9. The molecule has 0 bridgehead atoms. The Hall–Kier alpha value is -1.49. The molecule has 0 saturated heterocycles. The van der Waals surface area contributed by atoms with Gasteiger partial charge in [-0.1, -0.05) is 19.1 Å². The van der Waals surface area contributed by atoms with Crippen LogP contribution in [0, 0.1) is 5.92 Å². The molecule has 2 rings (SSSR count). The number of carbonyl (C=O) groups excluding carboxylic acids is 1. The van der Waals surface area contributed by atoms with Crippen molar-refractivity contribution in [2.75, 3.05) is 5.75 Å². The molecular formula is C16H21NO3S. The highest BCUT2D eigenvalue weighted by molar-refractivity contribution is 7.98. The molecule has 1 aromatic carbocycles. The topological polar surface area (TPSA) is 66.4 Å². The fraction of sp³-hybridized carbons (Fsp3) is 0.500. The average molecular weight is 307 g/mol. The van der Waals surface area contributed by atoms with Crippen LogP contribution in [0.15, 0.2) is 24.3 Å². The lowest BCUT2D eigenvalue weighted by atomic mass is 10.1. The molecule has 0 unspecified atom stereocenters. The summed E-state index contributed by atoms with van der Waals surface area (Å²) in [4.78, 5) is 23.1. The lowest BCUT2D eigenvalue weighted by Gasteiger charge is -2.12. The van der Waals surface area contributed by atoms with Gasteiger partial charge >= 0.3 is 5.97 Å². The van der Waals surface area contributed by atoms with Crippen LogP contribution < -0.4 is 5.32 Å². The van der Waals surface area contributed by atoms with E-state index in [4.69, 9.17) is 5.11 Å².